The van der Waals surface area contributed by atoms with Gasteiger partial charge in [-0.1, -0.05) is 17.2 Å². The Bertz CT molecular complexity index is 460. The summed E-state index contributed by atoms with van der Waals surface area (Å²) in [4.78, 5) is 12.8. The van der Waals surface area contributed by atoms with Gasteiger partial charge in [-0.15, -0.1) is 0 Å². The molecular weight excluding hydrogens is 229 g/mol. The summed E-state index contributed by atoms with van der Waals surface area (Å²) in [5.74, 6) is -0.804. The molecule has 1 aromatic rings. The van der Waals surface area contributed by atoms with E-state index in [1.807, 2.05) is 0 Å². The summed E-state index contributed by atoms with van der Waals surface area (Å²) < 4.78 is 13.4. The van der Waals surface area contributed by atoms with E-state index in [0.717, 1.165) is 6.07 Å². The van der Waals surface area contributed by atoms with Gasteiger partial charge < -0.3 is 10.2 Å². The molecule has 0 heterocycles. The van der Waals surface area contributed by atoms with E-state index in [-0.39, 0.29) is 17.7 Å². The number of aliphatic hydroxyl groups excluding tert-OH is 2. The van der Waals surface area contributed by atoms with Crippen LogP contribution in [0.5, 0.6) is 0 Å². The van der Waals surface area contributed by atoms with E-state index in [2.05, 4.69) is 10.0 Å². The topological polar surface area (TPSA) is 106 Å². The van der Waals surface area contributed by atoms with Crippen LogP contribution in [0.1, 0.15) is 22.0 Å². The molecule has 0 saturated carbocycles. The summed E-state index contributed by atoms with van der Waals surface area (Å²) in [7, 11) is 0. The molecule has 0 saturated heterocycles. The second-order valence-electron chi connectivity index (χ2n) is 3.32. The van der Waals surface area contributed by atoms with Crippen LogP contribution in [0, 0.1) is 5.82 Å². The van der Waals surface area contributed by atoms with E-state index in [4.69, 9.17) is 5.53 Å². The Hall–Kier alpha value is -1.95. The number of carbonyl (C=O) groups is 1. The van der Waals surface area contributed by atoms with Crippen molar-refractivity contribution in [2.45, 2.75) is 12.2 Å². The van der Waals surface area contributed by atoms with Gasteiger partial charge in [0.25, 0.3) is 0 Å². The highest BCUT2D eigenvalue weighted by Gasteiger charge is 2.20. The number of rotatable bonds is 5. The first kappa shape index (κ1) is 13.1. The van der Waals surface area contributed by atoms with Gasteiger partial charge in [0.2, 0.25) is 0 Å². The monoisotopic (exact) mass is 239 g/mol. The van der Waals surface area contributed by atoms with Gasteiger partial charge in [-0.3, -0.25) is 4.79 Å². The minimum Gasteiger partial charge on any atom is -0.390 e. The maximum atomic E-state index is 13.4. The van der Waals surface area contributed by atoms with Crippen molar-refractivity contribution < 1.29 is 19.4 Å². The van der Waals surface area contributed by atoms with E-state index in [1.165, 1.54) is 12.1 Å². The zero-order chi connectivity index (χ0) is 12.8. The zero-order valence-corrected chi connectivity index (χ0v) is 8.69. The van der Waals surface area contributed by atoms with Crippen LogP contribution >= 0.6 is 0 Å². The normalized spacial score (nSPS) is 13.6. The molecule has 1 rings (SSSR count). The SMILES string of the molecule is [N-]=[N+]=NCC(O)C(O)c1ccc(C=O)cc1F. The number of aldehydes is 1. The fourth-order valence-corrected chi connectivity index (χ4v) is 1.28. The number of aliphatic hydroxyl groups is 2. The Morgan fingerprint density at radius 1 is 1.53 bits per heavy atom. The molecule has 6 nitrogen and oxygen atoms in total. The summed E-state index contributed by atoms with van der Waals surface area (Å²) in [6.07, 6.45) is -2.45. The number of hydrogen-bond acceptors (Lipinski definition) is 4. The highest BCUT2D eigenvalue weighted by atomic mass is 19.1. The second-order valence-corrected chi connectivity index (χ2v) is 3.32. The predicted molar refractivity (Wildman–Crippen MR) is 56.8 cm³/mol. The van der Waals surface area contributed by atoms with Gasteiger partial charge in [0.1, 0.15) is 18.2 Å². The van der Waals surface area contributed by atoms with Gasteiger partial charge in [0, 0.05) is 16.0 Å². The number of nitrogens with zero attached hydrogens (tertiary/aromatic N) is 3. The molecule has 2 atom stereocenters. The predicted octanol–water partition coefficient (Wildman–Crippen LogP) is 1.34. The first-order valence-electron chi connectivity index (χ1n) is 4.71. The van der Waals surface area contributed by atoms with Crippen molar-refractivity contribution in [3.8, 4) is 0 Å². The van der Waals surface area contributed by atoms with Crippen molar-refractivity contribution in [2.24, 2.45) is 5.11 Å². The van der Waals surface area contributed by atoms with Crippen molar-refractivity contribution >= 4 is 6.29 Å². The molecule has 90 valence electrons. The average molecular weight is 239 g/mol. The van der Waals surface area contributed by atoms with Crippen LogP contribution in [0.3, 0.4) is 0 Å². The van der Waals surface area contributed by atoms with E-state index >= 15 is 0 Å². The summed E-state index contributed by atoms with van der Waals surface area (Å²) in [5, 5.41) is 22.1. The molecule has 0 amide bonds. The molecule has 1 aromatic carbocycles. The molecule has 0 fully saturated rings. The lowest BCUT2D eigenvalue weighted by Gasteiger charge is -2.16. The maximum absolute atomic E-state index is 13.4. The quantitative estimate of drug-likeness (QED) is 0.350. The Balaban J connectivity index is 2.91. The van der Waals surface area contributed by atoms with Crippen LogP contribution in [0.4, 0.5) is 4.39 Å². The molecule has 7 heteroatoms. The molecular formula is C10H10FN3O3. The van der Waals surface area contributed by atoms with E-state index in [9.17, 15) is 19.4 Å². The van der Waals surface area contributed by atoms with Crippen LogP contribution < -0.4 is 0 Å². The number of carbonyl (C=O) groups excluding carboxylic acids is 1. The third-order valence-corrected chi connectivity index (χ3v) is 2.18. The second kappa shape index (κ2) is 5.95. The maximum Gasteiger partial charge on any atom is 0.150 e. The van der Waals surface area contributed by atoms with E-state index in [1.54, 1.807) is 0 Å². The fourth-order valence-electron chi connectivity index (χ4n) is 1.28. The van der Waals surface area contributed by atoms with Crippen molar-refractivity contribution in [3.63, 3.8) is 0 Å². The molecule has 0 aliphatic rings. The van der Waals surface area contributed by atoms with Gasteiger partial charge in [-0.05, 0) is 11.6 Å². The summed E-state index contributed by atoms with van der Waals surface area (Å²) in [5.41, 5.74) is 8.01. The minimum atomic E-state index is -1.51. The minimum absolute atomic E-state index is 0.128. The Kier molecular flexibility index (Phi) is 4.59. The van der Waals surface area contributed by atoms with Gasteiger partial charge in [-0.2, -0.15) is 0 Å². The molecule has 0 aliphatic heterocycles. The Labute approximate surface area is 95.9 Å². The lowest BCUT2D eigenvalue weighted by atomic mass is 10.0. The van der Waals surface area contributed by atoms with Gasteiger partial charge in [0.15, 0.2) is 0 Å². The first-order chi connectivity index (χ1) is 8.10. The van der Waals surface area contributed by atoms with Crippen LogP contribution in [0.15, 0.2) is 23.3 Å². The Morgan fingerprint density at radius 2 is 2.24 bits per heavy atom. The van der Waals surface area contributed by atoms with Crippen molar-refractivity contribution in [1.29, 1.82) is 0 Å². The van der Waals surface area contributed by atoms with Crippen LogP contribution in [0.25, 0.3) is 10.4 Å². The zero-order valence-electron chi connectivity index (χ0n) is 8.69. The molecule has 2 N–H and O–H groups in total. The smallest absolute Gasteiger partial charge is 0.150 e. The summed E-state index contributed by atoms with van der Waals surface area (Å²) in [6.45, 7) is -0.369. The van der Waals surface area contributed by atoms with Crippen LogP contribution in [0.2, 0.25) is 0 Å². The molecule has 17 heavy (non-hydrogen) atoms. The van der Waals surface area contributed by atoms with Crippen molar-refractivity contribution in [3.05, 3.63) is 45.6 Å². The molecule has 0 spiro atoms. The van der Waals surface area contributed by atoms with Gasteiger partial charge >= 0.3 is 0 Å². The fraction of sp³-hybridized carbons (Fsp3) is 0.300. The number of benzene rings is 1. The number of halogens is 1. The third-order valence-electron chi connectivity index (χ3n) is 2.18. The largest absolute Gasteiger partial charge is 0.390 e. The highest BCUT2D eigenvalue weighted by molar-refractivity contribution is 5.74. The van der Waals surface area contributed by atoms with Gasteiger partial charge in [0.05, 0.1) is 12.6 Å². The van der Waals surface area contributed by atoms with Gasteiger partial charge in [-0.25, -0.2) is 4.39 Å². The molecule has 0 radical (unpaired) electrons. The van der Waals surface area contributed by atoms with Crippen molar-refractivity contribution in [1.82, 2.24) is 0 Å². The third kappa shape index (κ3) is 3.25. The summed E-state index contributed by atoms with van der Waals surface area (Å²) >= 11 is 0. The molecule has 0 aromatic heterocycles. The highest BCUT2D eigenvalue weighted by Crippen LogP contribution is 2.21. The lowest BCUT2D eigenvalue weighted by molar-refractivity contribution is 0.0222. The van der Waals surface area contributed by atoms with Crippen LogP contribution in [-0.4, -0.2) is 29.1 Å². The lowest BCUT2D eigenvalue weighted by Crippen LogP contribution is -2.22. The van der Waals surface area contributed by atoms with Crippen molar-refractivity contribution in [2.75, 3.05) is 6.54 Å². The first-order valence-corrected chi connectivity index (χ1v) is 4.71. The molecule has 2 unspecified atom stereocenters. The standard InChI is InChI=1S/C10H10FN3O3/c11-8-3-6(5-15)1-2-7(8)10(17)9(16)4-13-14-12/h1-3,5,9-10,16-17H,4H2. The summed E-state index contributed by atoms with van der Waals surface area (Å²) in [6, 6.07) is 3.46. The molecule has 0 aliphatic carbocycles. The van der Waals surface area contributed by atoms with Crippen LogP contribution in [-0.2, 0) is 0 Å². The average Bonchev–Trinajstić information content (AvgIpc) is 2.34. The Morgan fingerprint density at radius 3 is 2.76 bits per heavy atom. The molecule has 0 bridgehead atoms. The van der Waals surface area contributed by atoms with E-state index < -0.39 is 18.0 Å². The number of azide groups is 1. The van der Waals surface area contributed by atoms with E-state index in [0.29, 0.717) is 6.29 Å². The number of hydrogen-bond donors (Lipinski definition) is 2.